The zero-order valence-corrected chi connectivity index (χ0v) is 31.6. The van der Waals surface area contributed by atoms with Crippen LogP contribution in [-0.4, -0.2) is 13.1 Å². The standard InChI is InChI=1S/C25H16O.C20H17FNOSi.Ir/c1-2-8-18(9-3-1)16-19-10-6-11-20(17-19)21-13-7-14-23-22-12-4-5-15-24(22)26-25(21)23;1-24(2,3)14-8-10-18(22-12-14)17-6-4-5-16-15-9-7-13(21)11-19(15)23-20(16)17;/h1-10,12,14-15,17H,16H2;4-5,7-12H,1-3H3;/q-2;-1;+3/i16D2;;. The number of hydrogen-bond donors (Lipinski definition) is 0. The van der Waals surface area contributed by atoms with Crippen LogP contribution in [0.15, 0.2) is 142 Å². The molecule has 3 nitrogen and oxygen atoms in total. The second-order valence-corrected chi connectivity index (χ2v) is 18.3. The van der Waals surface area contributed by atoms with Gasteiger partial charge in [-0.15, -0.1) is 35.9 Å². The van der Waals surface area contributed by atoms with Crippen LogP contribution in [0.1, 0.15) is 13.9 Å². The van der Waals surface area contributed by atoms with Crippen molar-refractivity contribution < 1.29 is 36.1 Å². The average molecular weight is 861 g/mol. The van der Waals surface area contributed by atoms with E-state index in [1.165, 1.54) is 17.3 Å². The van der Waals surface area contributed by atoms with E-state index >= 15 is 0 Å². The van der Waals surface area contributed by atoms with E-state index in [1.54, 1.807) is 18.2 Å². The van der Waals surface area contributed by atoms with Crippen LogP contribution in [0.5, 0.6) is 0 Å². The van der Waals surface area contributed by atoms with Crippen molar-refractivity contribution in [3.05, 3.63) is 169 Å². The maximum atomic E-state index is 13.5. The number of halogens is 1. The zero-order chi connectivity index (χ0) is 36.0. The van der Waals surface area contributed by atoms with E-state index in [9.17, 15) is 4.39 Å². The Balaban J connectivity index is 0.000000163. The summed E-state index contributed by atoms with van der Waals surface area (Å²) in [5, 5.41) is 5.25. The summed E-state index contributed by atoms with van der Waals surface area (Å²) in [5.41, 5.74) is 7.21. The SMILES string of the molecule is C[Si](C)(C)c1ccc(-c2[c-]ccc3c2oc2cc(F)ccc23)nc1.[2H]C([2H])(c1ccccc1)c1cc[c-]c(-c2[c-]ccc3c2oc2ccccc23)c1.[Ir+3]. The van der Waals surface area contributed by atoms with Crippen molar-refractivity contribution in [3.8, 4) is 22.4 Å². The molecule has 0 aliphatic carbocycles. The van der Waals surface area contributed by atoms with Crippen LogP contribution in [0.3, 0.4) is 0 Å². The Morgan fingerprint density at radius 3 is 2.06 bits per heavy atom. The summed E-state index contributed by atoms with van der Waals surface area (Å²) in [6, 6.07) is 48.7. The van der Waals surface area contributed by atoms with Crippen molar-refractivity contribution in [2.24, 2.45) is 0 Å². The van der Waals surface area contributed by atoms with Gasteiger partial charge in [-0.2, -0.15) is 35.9 Å². The van der Waals surface area contributed by atoms with Gasteiger partial charge in [-0.1, -0.05) is 96.6 Å². The molecule has 0 spiro atoms. The van der Waals surface area contributed by atoms with E-state index < -0.39 is 14.4 Å². The number of rotatable bonds is 5. The molecule has 0 bridgehead atoms. The predicted molar refractivity (Wildman–Crippen MR) is 205 cm³/mol. The van der Waals surface area contributed by atoms with Crippen molar-refractivity contribution in [2.45, 2.75) is 26.0 Å². The molecule has 0 saturated carbocycles. The third-order valence-corrected chi connectivity index (χ3v) is 10.8. The number of benzene rings is 6. The fraction of sp³-hybridized carbons (Fsp3) is 0.0889. The van der Waals surface area contributed by atoms with Gasteiger partial charge < -0.3 is 13.8 Å². The molecule has 250 valence electrons. The van der Waals surface area contributed by atoms with Crippen molar-refractivity contribution in [2.75, 3.05) is 0 Å². The largest absolute Gasteiger partial charge is 3.00 e. The molecule has 9 aromatic rings. The van der Waals surface area contributed by atoms with Crippen LogP contribution < -0.4 is 5.19 Å². The topological polar surface area (TPSA) is 39.2 Å². The molecule has 0 aliphatic rings. The molecule has 3 heterocycles. The first-order valence-electron chi connectivity index (χ1n) is 17.5. The normalized spacial score (nSPS) is 12.3. The third-order valence-electron chi connectivity index (χ3n) is 8.75. The summed E-state index contributed by atoms with van der Waals surface area (Å²) >= 11 is 0. The second-order valence-electron chi connectivity index (χ2n) is 13.2. The van der Waals surface area contributed by atoms with Gasteiger partial charge in [0.25, 0.3) is 0 Å². The van der Waals surface area contributed by atoms with Gasteiger partial charge in [0.15, 0.2) is 0 Å². The third kappa shape index (κ3) is 6.96. The summed E-state index contributed by atoms with van der Waals surface area (Å²) in [6.07, 6.45) is 0.351. The molecule has 6 heteroatoms. The maximum absolute atomic E-state index is 13.5. The minimum atomic E-state index is -1.60. The first-order chi connectivity index (χ1) is 25.1. The van der Waals surface area contributed by atoms with E-state index in [0.717, 1.165) is 55.1 Å². The van der Waals surface area contributed by atoms with Crippen LogP contribution in [0, 0.1) is 24.0 Å². The number of pyridine rings is 1. The van der Waals surface area contributed by atoms with Gasteiger partial charge in [-0.3, -0.25) is 0 Å². The van der Waals surface area contributed by atoms with Crippen molar-refractivity contribution in [1.82, 2.24) is 4.98 Å². The summed E-state index contributed by atoms with van der Waals surface area (Å²) < 4.78 is 42.8. The first kappa shape index (κ1) is 31.8. The van der Waals surface area contributed by atoms with Gasteiger partial charge in [0, 0.05) is 31.4 Å². The molecule has 9 rings (SSSR count). The second kappa shape index (κ2) is 14.2. The van der Waals surface area contributed by atoms with Gasteiger partial charge in [0.1, 0.15) is 17.0 Å². The molecule has 0 fully saturated rings. The Bertz CT molecular complexity index is 2720. The molecule has 0 radical (unpaired) electrons. The van der Waals surface area contributed by atoms with Gasteiger partial charge in [-0.25, -0.2) is 9.95 Å². The molecule has 0 saturated heterocycles. The number of para-hydroxylation sites is 1. The zero-order valence-electron chi connectivity index (χ0n) is 30.2. The minimum Gasteiger partial charge on any atom is -0.510 e. The van der Waals surface area contributed by atoms with E-state index in [4.69, 9.17) is 11.6 Å². The quantitative estimate of drug-likeness (QED) is 0.128. The maximum Gasteiger partial charge on any atom is 3.00 e. The van der Waals surface area contributed by atoms with Crippen molar-refractivity contribution in [3.63, 3.8) is 0 Å². The monoisotopic (exact) mass is 861 g/mol. The van der Waals surface area contributed by atoms with Gasteiger partial charge in [-0.05, 0) is 41.0 Å². The minimum absolute atomic E-state index is 0. The Kier molecular flexibility index (Phi) is 8.88. The van der Waals surface area contributed by atoms with E-state index in [1.807, 2.05) is 97.2 Å². The molecule has 0 aliphatic heterocycles. The number of hydrogen-bond acceptors (Lipinski definition) is 3. The first-order valence-corrected chi connectivity index (χ1v) is 20.0. The predicted octanol–water partition coefficient (Wildman–Crippen LogP) is 11.6. The van der Waals surface area contributed by atoms with Gasteiger partial charge in [0.05, 0.1) is 13.7 Å². The van der Waals surface area contributed by atoms with Gasteiger partial charge >= 0.3 is 20.1 Å². The smallest absolute Gasteiger partial charge is 0.510 e. The molecule has 0 unspecified atom stereocenters. The molecule has 0 atom stereocenters. The Morgan fingerprint density at radius 2 is 1.31 bits per heavy atom. The number of aromatic nitrogens is 1. The van der Waals surface area contributed by atoms with Crippen molar-refractivity contribution in [1.29, 1.82) is 0 Å². The molecule has 3 aromatic heterocycles. The Morgan fingerprint density at radius 1 is 0.647 bits per heavy atom. The van der Waals surface area contributed by atoms with Crippen molar-refractivity contribution >= 4 is 57.1 Å². The molecule has 0 amide bonds. The average Bonchev–Trinajstić information content (AvgIpc) is 3.73. The summed E-state index contributed by atoms with van der Waals surface area (Å²) in [5.74, 6) is -0.301. The van der Waals surface area contributed by atoms with Crippen LogP contribution in [0.25, 0.3) is 66.3 Å². The summed E-state index contributed by atoms with van der Waals surface area (Å²) in [4.78, 5) is 4.62. The molecular weight excluding hydrogens is 826 g/mol. The summed E-state index contributed by atoms with van der Waals surface area (Å²) in [6.45, 7) is 6.89. The van der Waals surface area contributed by atoms with Crippen LogP contribution in [0.4, 0.5) is 4.39 Å². The number of fused-ring (bicyclic) bond motifs is 6. The van der Waals surface area contributed by atoms with Crippen LogP contribution in [0.2, 0.25) is 19.6 Å². The number of nitrogens with zero attached hydrogens (tertiary/aromatic N) is 1. The fourth-order valence-corrected chi connectivity index (χ4v) is 7.19. The molecule has 0 N–H and O–H groups in total. The number of furan rings is 2. The fourth-order valence-electron chi connectivity index (χ4n) is 6.16. The van der Waals surface area contributed by atoms with E-state index in [2.05, 4.69) is 48.9 Å². The van der Waals surface area contributed by atoms with Gasteiger partial charge in [0.2, 0.25) is 0 Å². The van der Waals surface area contributed by atoms with Crippen LogP contribution in [-0.2, 0) is 26.5 Å². The molecule has 6 aromatic carbocycles. The van der Waals surface area contributed by atoms with E-state index in [0.29, 0.717) is 22.3 Å². The summed E-state index contributed by atoms with van der Waals surface area (Å²) in [7, 11) is -1.38. The Labute approximate surface area is 313 Å². The molecule has 51 heavy (non-hydrogen) atoms. The molecular formula is C45H33FIrNO2Si. The Hall–Kier alpha value is -5.13. The van der Waals surface area contributed by atoms with Crippen LogP contribution >= 0.6 is 0 Å². The van der Waals surface area contributed by atoms with E-state index in [-0.39, 0.29) is 25.9 Å².